The van der Waals surface area contributed by atoms with Crippen LogP contribution in [0, 0.1) is 0 Å². The van der Waals surface area contributed by atoms with E-state index in [9.17, 15) is 4.79 Å². The Labute approximate surface area is 134 Å². The highest BCUT2D eigenvalue weighted by Gasteiger charge is 2.31. The van der Waals surface area contributed by atoms with E-state index in [0.29, 0.717) is 18.1 Å². The summed E-state index contributed by atoms with van der Waals surface area (Å²) >= 11 is 6.05. The lowest BCUT2D eigenvalue weighted by Gasteiger charge is -2.38. The number of hydrogen-bond acceptors (Lipinski definition) is 3. The summed E-state index contributed by atoms with van der Waals surface area (Å²) in [5, 5.41) is 0.632. The largest absolute Gasteiger partial charge is 0.485 e. The number of amides is 1. The van der Waals surface area contributed by atoms with Gasteiger partial charge < -0.3 is 9.64 Å². The third-order valence-corrected chi connectivity index (χ3v) is 3.75. The van der Waals surface area contributed by atoms with Gasteiger partial charge in [0, 0.05) is 17.3 Å². The van der Waals surface area contributed by atoms with Crippen molar-refractivity contribution in [1.29, 1.82) is 0 Å². The van der Waals surface area contributed by atoms with E-state index in [4.69, 9.17) is 16.3 Å². The lowest BCUT2D eigenvalue weighted by atomic mass is 10.1. The molecule has 1 aromatic carbocycles. The second-order valence-electron chi connectivity index (χ2n) is 5.03. The van der Waals surface area contributed by atoms with Crippen LogP contribution in [-0.4, -0.2) is 35.0 Å². The van der Waals surface area contributed by atoms with Crippen molar-refractivity contribution in [3.05, 3.63) is 65.5 Å². The smallest absolute Gasteiger partial charge is 0.246 e. The molecule has 1 aliphatic rings. The Morgan fingerprint density at radius 1 is 1.27 bits per heavy atom. The molecule has 1 aromatic heterocycles. The monoisotopic (exact) mass is 314 g/mol. The van der Waals surface area contributed by atoms with E-state index in [-0.39, 0.29) is 12.0 Å². The summed E-state index contributed by atoms with van der Waals surface area (Å²) in [6.07, 6.45) is 6.67. The Hall–Kier alpha value is -2.33. The van der Waals surface area contributed by atoms with Gasteiger partial charge in [-0.3, -0.25) is 9.78 Å². The molecule has 3 rings (SSSR count). The molecule has 1 aliphatic heterocycles. The minimum absolute atomic E-state index is 0.0295. The van der Waals surface area contributed by atoms with Crippen molar-refractivity contribution in [2.24, 2.45) is 0 Å². The fourth-order valence-electron chi connectivity index (χ4n) is 2.18. The van der Waals surface area contributed by atoms with Gasteiger partial charge in [-0.15, -0.1) is 0 Å². The molecule has 2 heterocycles. The summed E-state index contributed by atoms with van der Waals surface area (Å²) in [4.78, 5) is 17.8. The number of rotatable bonds is 4. The Morgan fingerprint density at radius 3 is 2.82 bits per heavy atom. The average molecular weight is 315 g/mol. The average Bonchev–Trinajstić information content (AvgIpc) is 2.50. The molecular formula is C17H15ClN2O2. The molecule has 1 fully saturated rings. The summed E-state index contributed by atoms with van der Waals surface area (Å²) < 4.78 is 5.71. The summed E-state index contributed by atoms with van der Waals surface area (Å²) in [6, 6.07) is 11.1. The molecule has 4 nitrogen and oxygen atoms in total. The van der Waals surface area contributed by atoms with Gasteiger partial charge in [0.15, 0.2) is 0 Å². The highest BCUT2D eigenvalue weighted by atomic mass is 35.5. The van der Waals surface area contributed by atoms with Crippen LogP contribution in [-0.2, 0) is 4.79 Å². The Balaban J connectivity index is 1.50. The number of carbonyl (C=O) groups is 1. The topological polar surface area (TPSA) is 42.4 Å². The fourth-order valence-corrected chi connectivity index (χ4v) is 2.38. The van der Waals surface area contributed by atoms with Crippen molar-refractivity contribution in [2.45, 2.75) is 6.10 Å². The Morgan fingerprint density at radius 2 is 2.09 bits per heavy atom. The van der Waals surface area contributed by atoms with E-state index in [1.165, 1.54) is 0 Å². The maximum Gasteiger partial charge on any atom is 0.246 e. The molecule has 112 valence electrons. The first-order valence-corrected chi connectivity index (χ1v) is 7.38. The number of nitrogens with zero attached hydrogens (tertiary/aromatic N) is 2. The van der Waals surface area contributed by atoms with Gasteiger partial charge in [-0.05, 0) is 29.8 Å². The third-order valence-electron chi connectivity index (χ3n) is 3.41. The van der Waals surface area contributed by atoms with Gasteiger partial charge in [0.1, 0.15) is 11.9 Å². The molecule has 0 spiro atoms. The van der Waals surface area contributed by atoms with E-state index in [2.05, 4.69) is 4.98 Å². The normalized spacial score (nSPS) is 14.9. The first-order valence-electron chi connectivity index (χ1n) is 7.00. The highest BCUT2D eigenvalue weighted by Crippen LogP contribution is 2.19. The predicted octanol–water partition coefficient (Wildman–Crippen LogP) is 3.04. The zero-order valence-corrected chi connectivity index (χ0v) is 12.6. The first-order chi connectivity index (χ1) is 10.7. The summed E-state index contributed by atoms with van der Waals surface area (Å²) in [5.74, 6) is 0.692. The minimum Gasteiger partial charge on any atom is -0.485 e. The van der Waals surface area contributed by atoms with E-state index >= 15 is 0 Å². The zero-order chi connectivity index (χ0) is 15.4. The predicted molar refractivity (Wildman–Crippen MR) is 85.7 cm³/mol. The zero-order valence-electron chi connectivity index (χ0n) is 11.9. The molecule has 1 saturated heterocycles. The molecule has 0 aliphatic carbocycles. The van der Waals surface area contributed by atoms with Crippen LogP contribution >= 0.6 is 11.6 Å². The number of ether oxygens (including phenoxy) is 1. The summed E-state index contributed by atoms with van der Waals surface area (Å²) in [6.45, 7) is 1.17. The molecule has 5 heteroatoms. The van der Waals surface area contributed by atoms with Crippen LogP contribution in [0.2, 0.25) is 5.02 Å². The number of carbonyl (C=O) groups excluding carboxylic acids is 1. The van der Waals surface area contributed by atoms with Gasteiger partial charge >= 0.3 is 0 Å². The SMILES string of the molecule is O=C(/C=C/c1ccccc1Cl)N1CC(Oc2cccnc2)C1. The van der Waals surface area contributed by atoms with Crippen LogP contribution < -0.4 is 4.74 Å². The number of aromatic nitrogens is 1. The molecule has 2 aromatic rings. The third kappa shape index (κ3) is 3.46. The number of pyridine rings is 1. The highest BCUT2D eigenvalue weighted by molar-refractivity contribution is 6.32. The van der Waals surface area contributed by atoms with Crippen molar-refractivity contribution in [1.82, 2.24) is 9.88 Å². The molecule has 0 saturated carbocycles. The number of hydrogen-bond donors (Lipinski definition) is 0. The van der Waals surface area contributed by atoms with E-state index in [1.807, 2.05) is 30.3 Å². The maximum absolute atomic E-state index is 12.0. The molecule has 0 unspecified atom stereocenters. The van der Waals surface area contributed by atoms with E-state index in [0.717, 1.165) is 11.3 Å². The van der Waals surface area contributed by atoms with Gasteiger partial charge in [-0.1, -0.05) is 29.8 Å². The second kappa shape index (κ2) is 6.62. The molecule has 0 N–H and O–H groups in total. The number of halogens is 1. The number of benzene rings is 1. The second-order valence-corrected chi connectivity index (χ2v) is 5.43. The molecule has 1 amide bonds. The van der Waals surface area contributed by atoms with Crippen molar-refractivity contribution < 1.29 is 9.53 Å². The van der Waals surface area contributed by atoms with Crippen molar-refractivity contribution in [2.75, 3.05) is 13.1 Å². The van der Waals surface area contributed by atoms with Gasteiger partial charge in [0.05, 0.1) is 19.3 Å². The summed E-state index contributed by atoms with van der Waals surface area (Å²) in [5.41, 5.74) is 0.834. The molecular weight excluding hydrogens is 300 g/mol. The quantitative estimate of drug-likeness (QED) is 0.815. The van der Waals surface area contributed by atoms with E-state index in [1.54, 1.807) is 35.5 Å². The Bertz CT molecular complexity index is 682. The van der Waals surface area contributed by atoms with Gasteiger partial charge in [0.25, 0.3) is 0 Å². The van der Waals surface area contributed by atoms with Gasteiger partial charge in [0.2, 0.25) is 5.91 Å². The van der Waals surface area contributed by atoms with Crippen LogP contribution in [0.3, 0.4) is 0 Å². The lowest BCUT2D eigenvalue weighted by Crippen LogP contribution is -2.55. The first kappa shape index (κ1) is 14.6. The minimum atomic E-state index is -0.0362. The van der Waals surface area contributed by atoms with Crippen LogP contribution in [0.15, 0.2) is 54.9 Å². The van der Waals surface area contributed by atoms with Gasteiger partial charge in [-0.2, -0.15) is 0 Å². The van der Waals surface area contributed by atoms with Crippen LogP contribution in [0.25, 0.3) is 6.08 Å². The maximum atomic E-state index is 12.0. The summed E-state index contributed by atoms with van der Waals surface area (Å²) in [7, 11) is 0. The molecule has 0 bridgehead atoms. The van der Waals surface area contributed by atoms with E-state index < -0.39 is 0 Å². The standard InChI is InChI=1S/C17H15ClN2O2/c18-16-6-2-1-4-13(16)7-8-17(21)20-11-15(12-20)22-14-5-3-9-19-10-14/h1-10,15H,11-12H2/b8-7+. The van der Waals surface area contributed by atoms with Crippen LogP contribution in [0.5, 0.6) is 5.75 Å². The van der Waals surface area contributed by atoms with Crippen molar-refractivity contribution in [3.8, 4) is 5.75 Å². The Kier molecular flexibility index (Phi) is 4.39. The van der Waals surface area contributed by atoms with Crippen molar-refractivity contribution >= 4 is 23.6 Å². The fraction of sp³-hybridized carbons (Fsp3) is 0.176. The molecule has 0 atom stereocenters. The molecule has 22 heavy (non-hydrogen) atoms. The van der Waals surface area contributed by atoms with Gasteiger partial charge in [-0.25, -0.2) is 0 Å². The van der Waals surface area contributed by atoms with Crippen LogP contribution in [0.4, 0.5) is 0 Å². The lowest BCUT2D eigenvalue weighted by molar-refractivity contribution is -0.134. The van der Waals surface area contributed by atoms with Crippen LogP contribution in [0.1, 0.15) is 5.56 Å². The number of likely N-dealkylation sites (tertiary alicyclic amines) is 1. The molecule has 0 radical (unpaired) electrons. The van der Waals surface area contributed by atoms with Crippen molar-refractivity contribution in [3.63, 3.8) is 0 Å².